The van der Waals surface area contributed by atoms with Crippen molar-refractivity contribution in [3.05, 3.63) is 65.2 Å². The fraction of sp³-hybridized carbons (Fsp3) is 0.364. The topological polar surface area (TPSA) is 93.7 Å². The molecule has 7 heteroatoms. The molecule has 2 atom stereocenters. The van der Waals surface area contributed by atoms with Crippen LogP contribution in [0.4, 0.5) is 10.5 Å². The molecule has 7 nitrogen and oxygen atoms in total. The molecular weight excluding hydrogens is 368 g/mol. The molecule has 0 aromatic heterocycles. The average Bonchev–Trinajstić information content (AvgIpc) is 2.71. The first-order valence-corrected chi connectivity index (χ1v) is 9.57. The van der Waals surface area contributed by atoms with Crippen molar-refractivity contribution in [3.8, 4) is 0 Å². The maximum absolute atomic E-state index is 12.4. The zero-order valence-electron chi connectivity index (χ0n) is 17.4. The molecule has 0 saturated carbocycles. The molecule has 4 N–H and O–H groups in total. The third-order valence-corrected chi connectivity index (χ3v) is 4.68. The van der Waals surface area contributed by atoms with Gasteiger partial charge in [-0.25, -0.2) is 4.79 Å². The van der Waals surface area contributed by atoms with Crippen LogP contribution in [0.1, 0.15) is 27.6 Å². The average molecular weight is 399 g/mol. The van der Waals surface area contributed by atoms with Gasteiger partial charge in [0.25, 0.3) is 5.91 Å². The van der Waals surface area contributed by atoms with Crippen LogP contribution >= 0.6 is 0 Å². The number of rotatable bonds is 8. The maximum atomic E-state index is 12.4. The molecule has 2 aromatic carbocycles. The van der Waals surface area contributed by atoms with E-state index in [1.54, 1.807) is 25.2 Å². The fourth-order valence-electron chi connectivity index (χ4n) is 3.15. The van der Waals surface area contributed by atoms with Crippen LogP contribution in [0.3, 0.4) is 0 Å². The molecular formula is C22H30N4O3. The number of nitrogens with zero attached hydrogens (tertiary/aromatic N) is 1. The molecule has 0 fully saturated rings. The van der Waals surface area contributed by atoms with E-state index < -0.39 is 6.10 Å². The third kappa shape index (κ3) is 6.58. The van der Waals surface area contributed by atoms with Crippen LogP contribution in [0.15, 0.2) is 48.5 Å². The second-order valence-corrected chi connectivity index (χ2v) is 7.32. The monoisotopic (exact) mass is 398 g/mol. The molecule has 3 amide bonds. The Morgan fingerprint density at radius 3 is 2.38 bits per heavy atom. The predicted molar refractivity (Wildman–Crippen MR) is 115 cm³/mol. The van der Waals surface area contributed by atoms with Crippen molar-refractivity contribution in [2.75, 3.05) is 39.5 Å². The summed E-state index contributed by atoms with van der Waals surface area (Å²) in [5.41, 5.74) is 2.77. The molecule has 2 aromatic rings. The van der Waals surface area contributed by atoms with Crippen LogP contribution in [-0.2, 0) is 0 Å². The van der Waals surface area contributed by atoms with E-state index in [1.807, 2.05) is 56.3 Å². The number of anilines is 1. The second-order valence-electron chi connectivity index (χ2n) is 7.32. The maximum Gasteiger partial charge on any atom is 0.319 e. The Balaban J connectivity index is 2.00. The number of nitrogens with one attached hydrogen (secondary N) is 3. The normalized spacial score (nSPS) is 12.9. The second kappa shape index (κ2) is 10.6. The van der Waals surface area contributed by atoms with E-state index in [4.69, 9.17) is 0 Å². The number of aliphatic hydroxyl groups is 1. The number of hydrogen-bond acceptors (Lipinski definition) is 4. The third-order valence-electron chi connectivity index (χ3n) is 4.68. The summed E-state index contributed by atoms with van der Waals surface area (Å²) < 4.78 is 0. The Labute approximate surface area is 172 Å². The van der Waals surface area contributed by atoms with Gasteiger partial charge in [0.15, 0.2) is 0 Å². The van der Waals surface area contributed by atoms with Crippen molar-refractivity contribution < 1.29 is 14.7 Å². The highest BCUT2D eigenvalue weighted by Crippen LogP contribution is 2.22. The first-order chi connectivity index (χ1) is 13.8. The van der Waals surface area contributed by atoms with Gasteiger partial charge in [-0.3, -0.25) is 4.79 Å². The summed E-state index contributed by atoms with van der Waals surface area (Å²) in [6.45, 7) is 2.77. The number of carbonyl (C=O) groups is 2. The SMILES string of the molecule is CNC(=O)c1ccc(NC(=O)NC[C@H](CN(C)C)[C@H](O)c2ccccc2)c(C)c1. The standard InChI is InChI=1S/C22H30N4O3/c1-15-12-17(21(28)23-2)10-11-19(15)25-22(29)24-13-18(14-26(3)4)20(27)16-8-6-5-7-9-16/h5-12,18,20,27H,13-14H2,1-4H3,(H,23,28)(H2,24,25,29)/t18-,20-/m1/s1. The molecule has 0 aliphatic carbocycles. The fourth-order valence-corrected chi connectivity index (χ4v) is 3.15. The van der Waals surface area contributed by atoms with Crippen molar-refractivity contribution in [3.63, 3.8) is 0 Å². The van der Waals surface area contributed by atoms with Gasteiger partial charge in [0.05, 0.1) is 6.10 Å². The lowest BCUT2D eigenvalue weighted by molar-refractivity contribution is 0.0911. The van der Waals surface area contributed by atoms with E-state index in [9.17, 15) is 14.7 Å². The Morgan fingerprint density at radius 1 is 1.10 bits per heavy atom. The summed E-state index contributed by atoms with van der Waals surface area (Å²) in [5, 5.41) is 19.0. The molecule has 0 unspecified atom stereocenters. The first-order valence-electron chi connectivity index (χ1n) is 9.57. The van der Waals surface area contributed by atoms with E-state index in [0.717, 1.165) is 11.1 Å². The Hall–Kier alpha value is -2.90. The lowest BCUT2D eigenvalue weighted by Gasteiger charge is -2.26. The number of aryl methyl sites for hydroxylation is 1. The van der Waals surface area contributed by atoms with Gasteiger partial charge in [-0.2, -0.15) is 0 Å². The molecule has 0 aliphatic rings. The molecule has 0 radical (unpaired) electrons. The van der Waals surface area contributed by atoms with Gasteiger partial charge >= 0.3 is 6.03 Å². The van der Waals surface area contributed by atoms with Crippen LogP contribution in [-0.4, -0.2) is 56.2 Å². The van der Waals surface area contributed by atoms with E-state index in [1.165, 1.54) is 0 Å². The summed E-state index contributed by atoms with van der Waals surface area (Å²) >= 11 is 0. The van der Waals surface area contributed by atoms with Crippen LogP contribution < -0.4 is 16.0 Å². The minimum atomic E-state index is -0.688. The van der Waals surface area contributed by atoms with Crippen molar-refractivity contribution in [2.45, 2.75) is 13.0 Å². The molecule has 0 saturated heterocycles. The lowest BCUT2D eigenvalue weighted by atomic mass is 9.95. The largest absolute Gasteiger partial charge is 0.388 e. The number of amides is 3. The highest BCUT2D eigenvalue weighted by atomic mass is 16.3. The molecule has 156 valence electrons. The van der Waals surface area contributed by atoms with Gasteiger partial charge < -0.3 is 26.0 Å². The number of hydrogen-bond donors (Lipinski definition) is 4. The zero-order valence-corrected chi connectivity index (χ0v) is 17.4. The first kappa shape index (κ1) is 22.4. The minimum absolute atomic E-state index is 0.171. The van der Waals surface area contributed by atoms with Crippen LogP contribution in [0.2, 0.25) is 0 Å². The van der Waals surface area contributed by atoms with E-state index >= 15 is 0 Å². The molecule has 0 heterocycles. The molecule has 29 heavy (non-hydrogen) atoms. The highest BCUT2D eigenvalue weighted by Gasteiger charge is 2.22. The van der Waals surface area contributed by atoms with Crippen molar-refractivity contribution in [2.24, 2.45) is 5.92 Å². The van der Waals surface area contributed by atoms with Crippen molar-refractivity contribution in [1.82, 2.24) is 15.5 Å². The van der Waals surface area contributed by atoms with E-state index in [0.29, 0.717) is 24.3 Å². The van der Waals surface area contributed by atoms with E-state index in [-0.39, 0.29) is 17.9 Å². The molecule has 0 aliphatic heterocycles. The molecule has 0 spiro atoms. The lowest BCUT2D eigenvalue weighted by Crippen LogP contribution is -2.39. The number of benzene rings is 2. The quantitative estimate of drug-likeness (QED) is 0.549. The summed E-state index contributed by atoms with van der Waals surface area (Å²) in [6, 6.07) is 14.2. The number of aliphatic hydroxyl groups excluding tert-OH is 1. The Morgan fingerprint density at radius 2 is 1.79 bits per heavy atom. The van der Waals surface area contributed by atoms with E-state index in [2.05, 4.69) is 16.0 Å². The van der Waals surface area contributed by atoms with Crippen molar-refractivity contribution >= 4 is 17.6 Å². The predicted octanol–water partition coefficient (Wildman–Crippen LogP) is 2.39. The Bertz CT molecular complexity index is 824. The number of urea groups is 1. The van der Waals surface area contributed by atoms with Gasteiger partial charge in [-0.1, -0.05) is 30.3 Å². The number of carbonyl (C=O) groups excluding carboxylic acids is 2. The van der Waals surface area contributed by atoms with Crippen molar-refractivity contribution in [1.29, 1.82) is 0 Å². The van der Waals surface area contributed by atoms with Gasteiger partial charge in [0, 0.05) is 37.3 Å². The van der Waals surface area contributed by atoms with Gasteiger partial charge in [0.2, 0.25) is 0 Å². The van der Waals surface area contributed by atoms with Gasteiger partial charge in [-0.05, 0) is 50.3 Å². The van der Waals surface area contributed by atoms with Gasteiger partial charge in [0.1, 0.15) is 0 Å². The van der Waals surface area contributed by atoms with Gasteiger partial charge in [-0.15, -0.1) is 0 Å². The smallest absolute Gasteiger partial charge is 0.319 e. The van der Waals surface area contributed by atoms with Crippen LogP contribution in [0, 0.1) is 12.8 Å². The van der Waals surface area contributed by atoms with Crippen LogP contribution in [0.25, 0.3) is 0 Å². The van der Waals surface area contributed by atoms with Crippen LogP contribution in [0.5, 0.6) is 0 Å². The summed E-state index contributed by atoms with van der Waals surface area (Å²) in [4.78, 5) is 26.1. The molecule has 2 rings (SSSR count). The molecule has 0 bridgehead atoms. The summed E-state index contributed by atoms with van der Waals surface area (Å²) in [6.07, 6.45) is -0.688. The Kier molecular flexibility index (Phi) is 8.18. The highest BCUT2D eigenvalue weighted by molar-refractivity contribution is 5.96. The zero-order chi connectivity index (χ0) is 21.4. The summed E-state index contributed by atoms with van der Waals surface area (Å²) in [5.74, 6) is -0.347. The summed E-state index contributed by atoms with van der Waals surface area (Å²) in [7, 11) is 5.44. The minimum Gasteiger partial charge on any atom is -0.388 e.